The van der Waals surface area contributed by atoms with Crippen molar-refractivity contribution in [2.45, 2.75) is 13.1 Å². The molecule has 0 aliphatic rings. The normalized spacial score (nSPS) is 10.9. The SMILES string of the molecule is CNCc1cn(C(F)F)cn1. The van der Waals surface area contributed by atoms with Crippen LogP contribution in [0.5, 0.6) is 0 Å². The first-order valence-electron chi connectivity index (χ1n) is 3.19. The maximum absolute atomic E-state index is 11.9. The van der Waals surface area contributed by atoms with Crippen LogP contribution in [0.1, 0.15) is 12.2 Å². The molecule has 0 saturated carbocycles. The fraction of sp³-hybridized carbons (Fsp3) is 0.500. The molecule has 0 amide bonds. The molecule has 5 heteroatoms. The lowest BCUT2D eigenvalue weighted by atomic mass is 10.5. The van der Waals surface area contributed by atoms with Crippen molar-refractivity contribution in [3.05, 3.63) is 18.2 Å². The van der Waals surface area contributed by atoms with E-state index in [0.717, 1.165) is 10.9 Å². The minimum atomic E-state index is -2.49. The van der Waals surface area contributed by atoms with Gasteiger partial charge in [0.2, 0.25) is 0 Å². The Morgan fingerprint density at radius 1 is 1.73 bits per heavy atom. The Bertz CT molecular complexity index is 221. The highest BCUT2D eigenvalue weighted by Gasteiger charge is 2.05. The van der Waals surface area contributed by atoms with Crippen LogP contribution in [0.3, 0.4) is 0 Å². The Balaban J connectivity index is 2.66. The molecule has 0 spiro atoms. The molecule has 0 bridgehead atoms. The second-order valence-corrected chi connectivity index (χ2v) is 2.12. The molecule has 0 unspecified atom stereocenters. The number of hydrogen-bond acceptors (Lipinski definition) is 2. The highest BCUT2D eigenvalue weighted by molar-refractivity contribution is 4.95. The van der Waals surface area contributed by atoms with Gasteiger partial charge in [0.25, 0.3) is 0 Å². The van der Waals surface area contributed by atoms with Gasteiger partial charge >= 0.3 is 6.55 Å². The molecule has 1 aromatic heterocycles. The Morgan fingerprint density at radius 3 is 2.91 bits per heavy atom. The number of halogens is 2. The molecule has 1 rings (SSSR count). The second-order valence-electron chi connectivity index (χ2n) is 2.12. The standard InChI is InChI=1S/C6H9F2N3/c1-9-2-5-3-11(4-10-5)6(7)8/h3-4,6,9H,2H2,1H3. The molecule has 0 aliphatic heterocycles. The summed E-state index contributed by atoms with van der Waals surface area (Å²) in [5.74, 6) is 0. The summed E-state index contributed by atoms with van der Waals surface area (Å²) < 4.78 is 24.6. The van der Waals surface area contributed by atoms with E-state index in [1.165, 1.54) is 6.20 Å². The van der Waals surface area contributed by atoms with Gasteiger partial charge in [0.05, 0.1) is 12.0 Å². The third-order valence-corrected chi connectivity index (χ3v) is 1.24. The van der Waals surface area contributed by atoms with Gasteiger partial charge in [-0.15, -0.1) is 0 Å². The van der Waals surface area contributed by atoms with E-state index < -0.39 is 6.55 Å². The molecular formula is C6H9F2N3. The number of rotatable bonds is 3. The van der Waals surface area contributed by atoms with Gasteiger partial charge in [0.15, 0.2) is 0 Å². The van der Waals surface area contributed by atoms with Gasteiger partial charge in [0.1, 0.15) is 0 Å². The van der Waals surface area contributed by atoms with E-state index in [4.69, 9.17) is 0 Å². The van der Waals surface area contributed by atoms with Crippen molar-refractivity contribution < 1.29 is 8.78 Å². The third-order valence-electron chi connectivity index (χ3n) is 1.24. The number of nitrogens with one attached hydrogen (secondary N) is 1. The quantitative estimate of drug-likeness (QED) is 0.716. The third kappa shape index (κ3) is 1.98. The van der Waals surface area contributed by atoms with Crippen LogP contribution in [0.15, 0.2) is 12.5 Å². The molecule has 0 fully saturated rings. The van der Waals surface area contributed by atoms with Gasteiger partial charge in [-0.1, -0.05) is 0 Å². The molecule has 1 heterocycles. The smallest absolute Gasteiger partial charge is 0.314 e. The van der Waals surface area contributed by atoms with E-state index in [-0.39, 0.29) is 0 Å². The van der Waals surface area contributed by atoms with Crippen molar-refractivity contribution in [1.82, 2.24) is 14.9 Å². The average Bonchev–Trinajstić information content (AvgIpc) is 2.37. The molecule has 0 saturated heterocycles. The minimum Gasteiger partial charge on any atom is -0.314 e. The summed E-state index contributed by atoms with van der Waals surface area (Å²) in [6.45, 7) is -1.98. The fourth-order valence-corrected chi connectivity index (χ4v) is 0.759. The molecular weight excluding hydrogens is 152 g/mol. The lowest BCUT2D eigenvalue weighted by molar-refractivity contribution is 0.0700. The molecule has 11 heavy (non-hydrogen) atoms. The van der Waals surface area contributed by atoms with E-state index in [1.807, 2.05) is 0 Å². The molecule has 1 N–H and O–H groups in total. The summed E-state index contributed by atoms with van der Waals surface area (Å²) in [6.07, 6.45) is 2.44. The van der Waals surface area contributed by atoms with Crippen LogP contribution in [-0.4, -0.2) is 16.6 Å². The zero-order chi connectivity index (χ0) is 8.27. The summed E-state index contributed by atoms with van der Waals surface area (Å²) in [4.78, 5) is 3.75. The summed E-state index contributed by atoms with van der Waals surface area (Å²) >= 11 is 0. The van der Waals surface area contributed by atoms with Crippen molar-refractivity contribution in [2.24, 2.45) is 0 Å². The van der Waals surface area contributed by atoms with Crippen molar-refractivity contribution in [3.8, 4) is 0 Å². The fourth-order valence-electron chi connectivity index (χ4n) is 0.759. The first kappa shape index (κ1) is 8.13. The zero-order valence-corrected chi connectivity index (χ0v) is 6.09. The topological polar surface area (TPSA) is 29.9 Å². The number of imidazole rings is 1. The van der Waals surface area contributed by atoms with E-state index >= 15 is 0 Å². The van der Waals surface area contributed by atoms with Gasteiger partial charge in [-0.05, 0) is 7.05 Å². The maximum Gasteiger partial charge on any atom is 0.319 e. The lowest BCUT2D eigenvalue weighted by Crippen LogP contribution is -2.05. The van der Waals surface area contributed by atoms with E-state index in [9.17, 15) is 8.78 Å². The van der Waals surface area contributed by atoms with Crippen molar-refractivity contribution in [2.75, 3.05) is 7.05 Å². The Hall–Kier alpha value is -0.970. The van der Waals surface area contributed by atoms with Crippen LogP contribution in [0.25, 0.3) is 0 Å². The summed E-state index contributed by atoms with van der Waals surface area (Å²) in [5, 5.41) is 2.82. The predicted molar refractivity (Wildman–Crippen MR) is 36.2 cm³/mol. The maximum atomic E-state index is 11.9. The number of alkyl halides is 2. The van der Waals surface area contributed by atoms with Gasteiger partial charge < -0.3 is 5.32 Å². The van der Waals surface area contributed by atoms with Gasteiger partial charge in [-0.25, -0.2) is 4.98 Å². The molecule has 1 aromatic rings. The number of nitrogens with zero attached hydrogens (tertiary/aromatic N) is 2. The summed E-state index contributed by atoms with van der Waals surface area (Å²) in [7, 11) is 1.74. The zero-order valence-electron chi connectivity index (χ0n) is 6.09. The number of hydrogen-bond donors (Lipinski definition) is 1. The Labute approximate surface area is 63.0 Å². The van der Waals surface area contributed by atoms with Gasteiger partial charge in [-0.3, -0.25) is 4.57 Å². The largest absolute Gasteiger partial charge is 0.319 e. The molecule has 62 valence electrons. The number of aromatic nitrogens is 2. The van der Waals surface area contributed by atoms with Crippen LogP contribution in [0, 0.1) is 0 Å². The predicted octanol–water partition coefficient (Wildman–Crippen LogP) is 0.998. The molecule has 0 radical (unpaired) electrons. The molecule has 3 nitrogen and oxygen atoms in total. The van der Waals surface area contributed by atoms with Crippen molar-refractivity contribution in [3.63, 3.8) is 0 Å². The summed E-state index contributed by atoms with van der Waals surface area (Å²) in [5.41, 5.74) is 0.618. The Kier molecular flexibility index (Phi) is 2.53. The monoisotopic (exact) mass is 161 g/mol. The van der Waals surface area contributed by atoms with Gasteiger partial charge in [0, 0.05) is 12.7 Å². The van der Waals surface area contributed by atoms with Crippen molar-refractivity contribution in [1.29, 1.82) is 0 Å². The summed E-state index contributed by atoms with van der Waals surface area (Å²) in [6, 6.07) is 0. The first-order chi connectivity index (χ1) is 5.24. The lowest BCUT2D eigenvalue weighted by Gasteiger charge is -1.95. The van der Waals surface area contributed by atoms with Crippen LogP contribution < -0.4 is 5.32 Å². The van der Waals surface area contributed by atoms with Crippen LogP contribution >= 0.6 is 0 Å². The van der Waals surface area contributed by atoms with Gasteiger partial charge in [-0.2, -0.15) is 8.78 Å². The average molecular weight is 161 g/mol. The van der Waals surface area contributed by atoms with Crippen molar-refractivity contribution >= 4 is 0 Å². The van der Waals surface area contributed by atoms with Crippen LogP contribution in [0.2, 0.25) is 0 Å². The van der Waals surface area contributed by atoms with E-state index in [2.05, 4.69) is 10.3 Å². The highest BCUT2D eigenvalue weighted by Crippen LogP contribution is 2.09. The molecule has 0 aliphatic carbocycles. The molecule has 0 atom stereocenters. The second kappa shape index (κ2) is 3.43. The van der Waals surface area contributed by atoms with Crippen LogP contribution in [0.4, 0.5) is 8.78 Å². The highest BCUT2D eigenvalue weighted by atomic mass is 19.3. The first-order valence-corrected chi connectivity index (χ1v) is 3.19. The Morgan fingerprint density at radius 2 is 2.45 bits per heavy atom. The minimum absolute atomic E-state index is 0.514. The van der Waals surface area contributed by atoms with E-state index in [0.29, 0.717) is 12.2 Å². The molecule has 0 aromatic carbocycles. The van der Waals surface area contributed by atoms with Crippen LogP contribution in [-0.2, 0) is 6.54 Å². The van der Waals surface area contributed by atoms with E-state index in [1.54, 1.807) is 7.05 Å².